The molecule has 104 valence electrons. The van der Waals surface area contributed by atoms with Gasteiger partial charge in [0.05, 0.1) is 17.4 Å². The highest BCUT2D eigenvalue weighted by atomic mass is 19.4. The molecular weight excluding hydrogens is 273 g/mol. The van der Waals surface area contributed by atoms with Gasteiger partial charge in [0, 0.05) is 6.20 Å². The van der Waals surface area contributed by atoms with Crippen molar-refractivity contribution in [1.82, 2.24) is 9.97 Å². The number of pyridine rings is 2. The Labute approximate surface area is 111 Å². The molecule has 2 heterocycles. The zero-order valence-corrected chi connectivity index (χ0v) is 9.98. The molecule has 1 amide bonds. The second kappa shape index (κ2) is 5.16. The number of hydrogen-bond acceptors (Lipinski definition) is 4. The first kappa shape index (κ1) is 13.8. The maximum absolute atomic E-state index is 12.3. The molecule has 0 unspecified atom stereocenters. The number of halogens is 3. The summed E-state index contributed by atoms with van der Waals surface area (Å²) in [7, 11) is 0. The van der Waals surface area contributed by atoms with Gasteiger partial charge >= 0.3 is 6.18 Å². The second-order valence-electron chi connectivity index (χ2n) is 3.86. The van der Waals surface area contributed by atoms with E-state index in [1.54, 1.807) is 0 Å². The van der Waals surface area contributed by atoms with Crippen LogP contribution in [0, 0.1) is 0 Å². The van der Waals surface area contributed by atoms with Crippen LogP contribution in [0.2, 0.25) is 0 Å². The standard InChI is InChI=1S/C12H9F3N4O/c13-12(14,15)9-3-2-8(6-17-9)19-11(20)7-1-4-10(16)18-5-7/h1-6H,(H2,16,18)(H,19,20). The van der Waals surface area contributed by atoms with E-state index in [0.717, 1.165) is 18.3 Å². The van der Waals surface area contributed by atoms with Crippen LogP contribution in [-0.2, 0) is 6.18 Å². The molecule has 0 aromatic carbocycles. The van der Waals surface area contributed by atoms with Gasteiger partial charge in [-0.15, -0.1) is 0 Å². The number of aromatic nitrogens is 2. The summed E-state index contributed by atoms with van der Waals surface area (Å²) >= 11 is 0. The maximum Gasteiger partial charge on any atom is 0.433 e. The summed E-state index contributed by atoms with van der Waals surface area (Å²) in [5.74, 6) is -0.253. The third kappa shape index (κ3) is 3.22. The minimum atomic E-state index is -4.51. The van der Waals surface area contributed by atoms with Gasteiger partial charge in [0.15, 0.2) is 0 Å². The van der Waals surface area contributed by atoms with Gasteiger partial charge in [-0.05, 0) is 24.3 Å². The first-order valence-corrected chi connectivity index (χ1v) is 5.42. The van der Waals surface area contributed by atoms with Crippen molar-refractivity contribution in [3.63, 3.8) is 0 Å². The number of rotatable bonds is 2. The quantitative estimate of drug-likeness (QED) is 0.885. The summed E-state index contributed by atoms with van der Waals surface area (Å²) in [6, 6.07) is 4.81. The first-order valence-electron chi connectivity index (χ1n) is 5.42. The molecule has 20 heavy (non-hydrogen) atoms. The number of nitrogens with two attached hydrogens (primary N) is 1. The molecule has 0 fully saturated rings. The van der Waals surface area contributed by atoms with Gasteiger partial charge in [-0.2, -0.15) is 13.2 Å². The number of amides is 1. The number of nitrogen functional groups attached to an aromatic ring is 1. The molecule has 0 saturated carbocycles. The van der Waals surface area contributed by atoms with Gasteiger partial charge in [-0.1, -0.05) is 0 Å². The predicted octanol–water partition coefficient (Wildman–Crippen LogP) is 2.33. The molecular formula is C12H9F3N4O. The molecule has 0 bridgehead atoms. The van der Waals surface area contributed by atoms with E-state index in [9.17, 15) is 18.0 Å². The number of nitrogens with zero attached hydrogens (tertiary/aromatic N) is 2. The van der Waals surface area contributed by atoms with Crippen molar-refractivity contribution >= 4 is 17.4 Å². The van der Waals surface area contributed by atoms with Crippen LogP contribution in [0.15, 0.2) is 36.7 Å². The Bertz CT molecular complexity index is 608. The lowest BCUT2D eigenvalue weighted by Gasteiger charge is -2.07. The highest BCUT2D eigenvalue weighted by Crippen LogP contribution is 2.27. The molecule has 0 aliphatic heterocycles. The summed E-state index contributed by atoms with van der Waals surface area (Å²) in [5.41, 5.74) is 4.74. The molecule has 0 saturated heterocycles. The van der Waals surface area contributed by atoms with Crippen molar-refractivity contribution < 1.29 is 18.0 Å². The van der Waals surface area contributed by atoms with E-state index in [2.05, 4.69) is 15.3 Å². The van der Waals surface area contributed by atoms with Crippen LogP contribution in [0.5, 0.6) is 0 Å². The molecule has 0 radical (unpaired) electrons. The predicted molar refractivity (Wildman–Crippen MR) is 65.8 cm³/mol. The van der Waals surface area contributed by atoms with Crippen molar-refractivity contribution in [1.29, 1.82) is 0 Å². The molecule has 8 heteroatoms. The smallest absolute Gasteiger partial charge is 0.384 e. The van der Waals surface area contributed by atoms with E-state index in [1.807, 2.05) is 0 Å². The fourth-order valence-corrected chi connectivity index (χ4v) is 1.38. The Balaban J connectivity index is 2.10. The van der Waals surface area contributed by atoms with Crippen molar-refractivity contribution in [3.05, 3.63) is 47.9 Å². The normalized spacial score (nSPS) is 11.2. The van der Waals surface area contributed by atoms with E-state index in [1.165, 1.54) is 18.3 Å². The topological polar surface area (TPSA) is 80.9 Å². The molecule has 0 aliphatic rings. The number of carbonyl (C=O) groups excluding carboxylic acids is 1. The maximum atomic E-state index is 12.3. The van der Waals surface area contributed by atoms with Crippen molar-refractivity contribution in [2.24, 2.45) is 0 Å². The van der Waals surface area contributed by atoms with Crippen molar-refractivity contribution in [3.8, 4) is 0 Å². The Morgan fingerprint density at radius 1 is 1.10 bits per heavy atom. The second-order valence-corrected chi connectivity index (χ2v) is 3.86. The highest BCUT2D eigenvalue weighted by Gasteiger charge is 2.32. The van der Waals surface area contributed by atoms with E-state index < -0.39 is 17.8 Å². The molecule has 0 atom stereocenters. The number of hydrogen-bond donors (Lipinski definition) is 2. The highest BCUT2D eigenvalue weighted by molar-refractivity contribution is 6.04. The minimum absolute atomic E-state index is 0.153. The van der Waals surface area contributed by atoms with E-state index in [4.69, 9.17) is 5.73 Å². The van der Waals surface area contributed by atoms with Gasteiger partial charge < -0.3 is 11.1 Å². The van der Waals surface area contributed by atoms with Crippen LogP contribution in [-0.4, -0.2) is 15.9 Å². The van der Waals surface area contributed by atoms with Crippen LogP contribution in [0.4, 0.5) is 24.7 Å². The SMILES string of the molecule is Nc1ccc(C(=O)Nc2ccc(C(F)(F)F)nc2)cn1. The summed E-state index contributed by atoms with van der Waals surface area (Å²) in [6.07, 6.45) is -2.31. The molecule has 0 spiro atoms. The van der Waals surface area contributed by atoms with E-state index in [0.29, 0.717) is 0 Å². The van der Waals surface area contributed by atoms with Crippen molar-refractivity contribution in [2.45, 2.75) is 6.18 Å². The third-order valence-corrected chi connectivity index (χ3v) is 2.36. The minimum Gasteiger partial charge on any atom is -0.384 e. The first-order chi connectivity index (χ1) is 9.36. The lowest BCUT2D eigenvalue weighted by Crippen LogP contribution is -2.13. The number of carbonyl (C=O) groups is 1. The van der Waals surface area contributed by atoms with Crippen LogP contribution in [0.3, 0.4) is 0 Å². The van der Waals surface area contributed by atoms with Crippen LogP contribution < -0.4 is 11.1 Å². The average Bonchev–Trinajstić information content (AvgIpc) is 2.39. The number of anilines is 2. The van der Waals surface area contributed by atoms with E-state index in [-0.39, 0.29) is 17.1 Å². The van der Waals surface area contributed by atoms with Crippen molar-refractivity contribution in [2.75, 3.05) is 11.1 Å². The summed E-state index contributed by atoms with van der Waals surface area (Å²) < 4.78 is 36.9. The third-order valence-electron chi connectivity index (χ3n) is 2.36. The molecule has 3 N–H and O–H groups in total. The summed E-state index contributed by atoms with van der Waals surface area (Å²) in [4.78, 5) is 18.7. The Morgan fingerprint density at radius 2 is 1.85 bits per heavy atom. The molecule has 5 nitrogen and oxygen atoms in total. The van der Waals surface area contributed by atoms with Crippen LogP contribution in [0.25, 0.3) is 0 Å². The van der Waals surface area contributed by atoms with Gasteiger partial charge in [0.1, 0.15) is 11.5 Å². The Morgan fingerprint density at radius 3 is 2.35 bits per heavy atom. The Kier molecular flexibility index (Phi) is 3.55. The Hall–Kier alpha value is -2.64. The van der Waals surface area contributed by atoms with Crippen LogP contribution >= 0.6 is 0 Å². The largest absolute Gasteiger partial charge is 0.433 e. The van der Waals surface area contributed by atoms with Gasteiger partial charge in [0.2, 0.25) is 0 Å². The fourth-order valence-electron chi connectivity index (χ4n) is 1.38. The number of nitrogens with one attached hydrogen (secondary N) is 1. The molecule has 2 aromatic heterocycles. The van der Waals surface area contributed by atoms with Gasteiger partial charge in [0.25, 0.3) is 5.91 Å². The lowest BCUT2D eigenvalue weighted by atomic mass is 10.2. The lowest BCUT2D eigenvalue weighted by molar-refractivity contribution is -0.141. The zero-order valence-electron chi connectivity index (χ0n) is 9.98. The molecule has 2 rings (SSSR count). The summed E-state index contributed by atoms with van der Waals surface area (Å²) in [5, 5.41) is 2.41. The van der Waals surface area contributed by atoms with E-state index >= 15 is 0 Å². The molecule has 2 aromatic rings. The zero-order chi connectivity index (χ0) is 14.8. The fraction of sp³-hybridized carbons (Fsp3) is 0.0833. The number of alkyl halides is 3. The average molecular weight is 282 g/mol. The molecule has 0 aliphatic carbocycles. The van der Waals surface area contributed by atoms with Gasteiger partial charge in [-0.3, -0.25) is 4.79 Å². The van der Waals surface area contributed by atoms with Gasteiger partial charge in [-0.25, -0.2) is 9.97 Å². The monoisotopic (exact) mass is 282 g/mol. The summed E-state index contributed by atoms with van der Waals surface area (Å²) in [6.45, 7) is 0. The van der Waals surface area contributed by atoms with Crippen LogP contribution in [0.1, 0.15) is 16.1 Å².